The molecule has 7 nitrogen and oxygen atoms in total. The third kappa shape index (κ3) is 10.2. The number of sulfonamides is 1. The molecule has 9 heteroatoms. The second kappa shape index (κ2) is 14.0. The van der Waals surface area contributed by atoms with Crippen LogP contribution in [0.3, 0.4) is 0 Å². The number of carbonyl (C=O) groups is 2. The molecule has 0 saturated heterocycles. The Balaban J connectivity index is 1.89. The largest absolute Gasteiger partial charge is 0.350 e. The van der Waals surface area contributed by atoms with Gasteiger partial charge in [-0.1, -0.05) is 71.8 Å². The van der Waals surface area contributed by atoms with Crippen molar-refractivity contribution in [2.75, 3.05) is 17.1 Å². The second-order valence-corrected chi connectivity index (χ2v) is 13.7. The first kappa shape index (κ1) is 32.2. The van der Waals surface area contributed by atoms with Gasteiger partial charge >= 0.3 is 0 Å². The number of rotatable bonds is 12. The van der Waals surface area contributed by atoms with Crippen LogP contribution >= 0.6 is 11.6 Å². The molecule has 3 aromatic carbocycles. The van der Waals surface area contributed by atoms with E-state index in [9.17, 15) is 18.0 Å². The Morgan fingerprint density at radius 3 is 2.07 bits per heavy atom. The predicted octanol–water partition coefficient (Wildman–Crippen LogP) is 5.75. The lowest BCUT2D eigenvalue weighted by Crippen LogP contribution is -2.54. The molecular weight excluding hydrogens is 558 g/mol. The summed E-state index contributed by atoms with van der Waals surface area (Å²) in [5.74, 6) is -0.458. The Labute approximate surface area is 249 Å². The fourth-order valence-corrected chi connectivity index (χ4v) is 5.60. The maximum Gasteiger partial charge on any atom is 0.243 e. The van der Waals surface area contributed by atoms with Gasteiger partial charge in [0.2, 0.25) is 21.8 Å². The van der Waals surface area contributed by atoms with Gasteiger partial charge in [-0.05, 0) is 69.5 Å². The number of amides is 2. The highest BCUT2D eigenvalue weighted by atomic mass is 35.5. The van der Waals surface area contributed by atoms with E-state index in [0.29, 0.717) is 17.1 Å². The SMILES string of the molecule is Cc1ccc(CN(C(=O)CCCN(c2ccc(Cl)cc2)S(C)(=O)=O)[C@H](Cc2ccccc2)C(=O)NC(C)(C)C)cc1. The molecule has 0 aliphatic carbocycles. The number of hydrogen-bond donors (Lipinski definition) is 1. The first-order chi connectivity index (χ1) is 19.2. The molecule has 1 atom stereocenters. The summed E-state index contributed by atoms with van der Waals surface area (Å²) in [5, 5.41) is 3.56. The highest BCUT2D eigenvalue weighted by molar-refractivity contribution is 7.92. The highest BCUT2D eigenvalue weighted by Crippen LogP contribution is 2.22. The van der Waals surface area contributed by atoms with E-state index in [0.717, 1.165) is 22.9 Å². The van der Waals surface area contributed by atoms with Crippen LogP contribution in [0.25, 0.3) is 0 Å². The van der Waals surface area contributed by atoms with Crippen LogP contribution in [0.5, 0.6) is 0 Å². The van der Waals surface area contributed by atoms with E-state index in [4.69, 9.17) is 11.6 Å². The van der Waals surface area contributed by atoms with Crippen molar-refractivity contribution < 1.29 is 18.0 Å². The topological polar surface area (TPSA) is 86.8 Å². The summed E-state index contributed by atoms with van der Waals surface area (Å²) in [6.07, 6.45) is 1.83. The molecule has 0 unspecified atom stereocenters. The van der Waals surface area contributed by atoms with Gasteiger partial charge in [-0.15, -0.1) is 0 Å². The molecule has 0 radical (unpaired) electrons. The maximum absolute atomic E-state index is 13.9. The second-order valence-electron chi connectivity index (χ2n) is 11.4. The molecule has 2 amide bonds. The number of anilines is 1. The zero-order valence-electron chi connectivity index (χ0n) is 24.4. The minimum Gasteiger partial charge on any atom is -0.350 e. The molecule has 0 spiro atoms. The third-order valence-corrected chi connectivity index (χ3v) is 7.96. The number of carbonyl (C=O) groups excluding carboxylic acids is 2. The summed E-state index contributed by atoms with van der Waals surface area (Å²) >= 11 is 5.99. The summed E-state index contributed by atoms with van der Waals surface area (Å²) in [4.78, 5) is 29.2. The quantitative estimate of drug-likeness (QED) is 0.288. The zero-order chi connectivity index (χ0) is 30.2. The molecular formula is C32H40ClN3O4S. The van der Waals surface area contributed by atoms with Crippen molar-refractivity contribution in [3.63, 3.8) is 0 Å². The number of halogens is 1. The summed E-state index contributed by atoms with van der Waals surface area (Å²) < 4.78 is 26.4. The molecule has 1 N–H and O–H groups in total. The third-order valence-electron chi connectivity index (χ3n) is 6.51. The van der Waals surface area contributed by atoms with Gasteiger partial charge in [0.25, 0.3) is 0 Å². The van der Waals surface area contributed by atoms with E-state index in [1.807, 2.05) is 82.3 Å². The minimum atomic E-state index is -3.59. The smallest absolute Gasteiger partial charge is 0.243 e. The minimum absolute atomic E-state index is 0.0690. The van der Waals surface area contributed by atoms with Gasteiger partial charge in [0, 0.05) is 36.5 Å². The molecule has 0 bridgehead atoms. The van der Waals surface area contributed by atoms with Crippen molar-refractivity contribution in [3.05, 3.63) is 101 Å². The monoisotopic (exact) mass is 597 g/mol. The van der Waals surface area contributed by atoms with Gasteiger partial charge < -0.3 is 10.2 Å². The van der Waals surface area contributed by atoms with E-state index >= 15 is 0 Å². The van der Waals surface area contributed by atoms with Crippen LogP contribution < -0.4 is 9.62 Å². The molecule has 0 aliphatic rings. The summed E-state index contributed by atoms with van der Waals surface area (Å²) in [6.45, 7) is 8.09. The molecule has 3 rings (SSSR count). The molecule has 220 valence electrons. The van der Waals surface area contributed by atoms with Crippen molar-refractivity contribution in [2.24, 2.45) is 0 Å². The average Bonchev–Trinajstić information content (AvgIpc) is 2.89. The van der Waals surface area contributed by atoms with Crippen LogP contribution in [0.15, 0.2) is 78.9 Å². The lowest BCUT2D eigenvalue weighted by Gasteiger charge is -2.34. The van der Waals surface area contributed by atoms with Crippen molar-refractivity contribution in [2.45, 2.75) is 65.1 Å². The van der Waals surface area contributed by atoms with Gasteiger partial charge in [0.1, 0.15) is 6.04 Å². The zero-order valence-corrected chi connectivity index (χ0v) is 26.0. The van der Waals surface area contributed by atoms with E-state index in [-0.39, 0.29) is 37.7 Å². The Hall–Kier alpha value is -3.36. The first-order valence-corrected chi connectivity index (χ1v) is 15.9. The Morgan fingerprint density at radius 2 is 1.51 bits per heavy atom. The Bertz CT molecular complexity index is 1400. The molecule has 3 aromatic rings. The number of nitrogens with zero attached hydrogens (tertiary/aromatic N) is 2. The lowest BCUT2D eigenvalue weighted by molar-refractivity contribution is -0.142. The highest BCUT2D eigenvalue weighted by Gasteiger charge is 2.32. The van der Waals surface area contributed by atoms with Gasteiger partial charge in [-0.25, -0.2) is 8.42 Å². The summed E-state index contributed by atoms with van der Waals surface area (Å²) in [5.41, 5.74) is 2.94. The van der Waals surface area contributed by atoms with Crippen molar-refractivity contribution in [1.29, 1.82) is 0 Å². The standard InChI is InChI=1S/C32H40ClN3O4S/c1-24-13-15-26(16-14-24)23-35(29(31(38)34-32(2,3)4)22-25-10-7-6-8-11-25)30(37)12-9-21-36(41(5,39)40)28-19-17-27(33)18-20-28/h6-8,10-11,13-20,29H,9,12,21-23H2,1-5H3,(H,34,38)/t29-/m1/s1. The van der Waals surface area contributed by atoms with Crippen LogP contribution in [0.2, 0.25) is 5.02 Å². The summed E-state index contributed by atoms with van der Waals surface area (Å²) in [6, 6.07) is 23.3. The van der Waals surface area contributed by atoms with Crippen LogP contribution in [0.4, 0.5) is 5.69 Å². The van der Waals surface area contributed by atoms with Crippen LogP contribution in [-0.4, -0.2) is 49.5 Å². The number of aryl methyl sites for hydroxylation is 1. The normalized spacial score (nSPS) is 12.4. The predicted molar refractivity (Wildman–Crippen MR) is 166 cm³/mol. The first-order valence-electron chi connectivity index (χ1n) is 13.7. The Kier molecular flexibility index (Phi) is 11.0. The maximum atomic E-state index is 13.9. The van der Waals surface area contributed by atoms with E-state index < -0.39 is 21.6 Å². The molecule has 0 heterocycles. The van der Waals surface area contributed by atoms with Crippen LogP contribution in [0.1, 0.15) is 50.3 Å². The van der Waals surface area contributed by atoms with Crippen molar-refractivity contribution in [3.8, 4) is 0 Å². The average molecular weight is 598 g/mol. The van der Waals surface area contributed by atoms with E-state index in [1.165, 1.54) is 4.31 Å². The molecule has 0 aromatic heterocycles. The van der Waals surface area contributed by atoms with Gasteiger partial charge in [-0.2, -0.15) is 0 Å². The van der Waals surface area contributed by atoms with Gasteiger partial charge in [0.05, 0.1) is 11.9 Å². The van der Waals surface area contributed by atoms with Crippen molar-refractivity contribution in [1.82, 2.24) is 10.2 Å². The molecule has 41 heavy (non-hydrogen) atoms. The fraction of sp³-hybridized carbons (Fsp3) is 0.375. The van der Waals surface area contributed by atoms with E-state index in [1.54, 1.807) is 29.2 Å². The molecule has 0 saturated carbocycles. The van der Waals surface area contributed by atoms with Gasteiger partial charge in [-0.3, -0.25) is 13.9 Å². The Morgan fingerprint density at radius 1 is 0.902 bits per heavy atom. The van der Waals surface area contributed by atoms with E-state index in [2.05, 4.69) is 5.32 Å². The summed E-state index contributed by atoms with van der Waals surface area (Å²) in [7, 11) is -3.59. The number of benzene rings is 3. The fourth-order valence-electron chi connectivity index (χ4n) is 4.51. The molecule has 0 aliphatic heterocycles. The van der Waals surface area contributed by atoms with Gasteiger partial charge in [0.15, 0.2) is 0 Å². The van der Waals surface area contributed by atoms with Crippen LogP contribution in [-0.2, 0) is 32.6 Å². The van der Waals surface area contributed by atoms with Crippen molar-refractivity contribution >= 4 is 39.1 Å². The number of nitrogens with one attached hydrogen (secondary N) is 1. The lowest BCUT2D eigenvalue weighted by atomic mass is 10.00. The number of hydrogen-bond acceptors (Lipinski definition) is 4. The van der Waals surface area contributed by atoms with Crippen LogP contribution in [0, 0.1) is 6.92 Å². The molecule has 0 fully saturated rings.